The van der Waals surface area contributed by atoms with Crippen LogP contribution in [0.2, 0.25) is 0 Å². The van der Waals surface area contributed by atoms with Gasteiger partial charge in [0.2, 0.25) is 0 Å². The fourth-order valence-electron chi connectivity index (χ4n) is 4.56. The predicted molar refractivity (Wildman–Crippen MR) is 153 cm³/mol. The van der Waals surface area contributed by atoms with Crippen LogP contribution in [0.1, 0.15) is 33.4 Å². The van der Waals surface area contributed by atoms with Gasteiger partial charge in [-0.2, -0.15) is 0 Å². The fraction of sp³-hybridized carbons (Fsp3) is 0.143. The van der Waals surface area contributed by atoms with Gasteiger partial charge in [-0.1, -0.05) is 53.6 Å². The summed E-state index contributed by atoms with van der Waals surface area (Å²) in [5.74, 6) is -0.665. The van der Waals surface area contributed by atoms with Crippen molar-refractivity contribution in [1.82, 2.24) is 0 Å². The Morgan fingerprint density at radius 3 is 1.62 bits per heavy atom. The van der Waals surface area contributed by atoms with Crippen LogP contribution in [0.25, 0.3) is 0 Å². The molecule has 2 aliphatic rings. The Balaban J connectivity index is 1.32. The third-order valence-electron chi connectivity index (χ3n) is 6.23. The quantitative estimate of drug-likeness (QED) is 0.214. The molecule has 0 spiro atoms. The first-order chi connectivity index (χ1) is 18.8. The molecule has 0 radical (unpaired) electrons. The van der Waals surface area contributed by atoms with Crippen molar-refractivity contribution in [2.45, 2.75) is 27.7 Å². The Hall–Kier alpha value is -5.06. The summed E-state index contributed by atoms with van der Waals surface area (Å²) >= 11 is 0. The first kappa shape index (κ1) is 25.6. The van der Waals surface area contributed by atoms with E-state index in [1.54, 1.807) is 0 Å². The number of rotatable bonds is 7. The SMILES string of the molecule is Cc1cc(C)c2c(c1)/C(=N/N=C/OB(O/C=N/N=C1/C(=O)Nc3c(C)cc(C)cc31)c1ccccc1)C(=O)N2. The summed E-state index contributed by atoms with van der Waals surface area (Å²) in [6.07, 6.45) is 2.20. The second-order valence-corrected chi connectivity index (χ2v) is 9.27. The van der Waals surface area contributed by atoms with Crippen LogP contribution in [-0.2, 0) is 18.9 Å². The Labute approximate surface area is 225 Å². The lowest BCUT2D eigenvalue weighted by Crippen LogP contribution is -2.36. The van der Waals surface area contributed by atoms with Crippen LogP contribution in [-0.4, -0.2) is 43.2 Å². The summed E-state index contributed by atoms with van der Waals surface area (Å²) in [5.41, 5.74) is 7.86. The van der Waals surface area contributed by atoms with Crippen molar-refractivity contribution >= 4 is 60.0 Å². The molecule has 0 bridgehead atoms. The van der Waals surface area contributed by atoms with Crippen LogP contribution in [0.4, 0.5) is 11.4 Å². The number of anilines is 2. The van der Waals surface area contributed by atoms with Gasteiger partial charge < -0.3 is 19.9 Å². The maximum Gasteiger partial charge on any atom is 0.633 e. The molecule has 3 aromatic rings. The minimum atomic E-state index is -0.928. The molecule has 194 valence electrons. The lowest BCUT2D eigenvalue weighted by molar-refractivity contribution is -0.110. The van der Waals surface area contributed by atoms with E-state index in [-0.39, 0.29) is 23.2 Å². The topological polar surface area (TPSA) is 126 Å². The monoisotopic (exact) mass is 520 g/mol. The van der Waals surface area contributed by atoms with Crippen molar-refractivity contribution in [3.63, 3.8) is 0 Å². The maximum atomic E-state index is 12.4. The van der Waals surface area contributed by atoms with Gasteiger partial charge in [-0.05, 0) is 51.0 Å². The number of hydrogen-bond acceptors (Lipinski definition) is 8. The molecular formula is C28H25BN6O4. The average molecular weight is 520 g/mol. The highest BCUT2D eigenvalue weighted by Gasteiger charge is 2.29. The molecule has 0 aliphatic carbocycles. The molecule has 3 aromatic carbocycles. The largest absolute Gasteiger partial charge is 0.633 e. The lowest BCUT2D eigenvalue weighted by atomic mass is 9.79. The molecule has 0 atom stereocenters. The maximum absolute atomic E-state index is 12.4. The van der Waals surface area contributed by atoms with Crippen LogP contribution >= 0.6 is 0 Å². The van der Waals surface area contributed by atoms with Gasteiger partial charge in [0.1, 0.15) is 0 Å². The number of nitrogens with zero attached hydrogens (tertiary/aromatic N) is 4. The minimum Gasteiger partial charge on any atom is -0.512 e. The second kappa shape index (κ2) is 10.7. The van der Waals surface area contributed by atoms with E-state index in [1.807, 2.05) is 82.3 Å². The number of carbonyl (C=O) groups excluding carboxylic acids is 2. The molecule has 2 N–H and O–H groups in total. The van der Waals surface area contributed by atoms with Crippen LogP contribution in [0, 0.1) is 27.7 Å². The molecule has 0 fully saturated rings. The van der Waals surface area contributed by atoms with Crippen molar-refractivity contribution in [1.29, 1.82) is 0 Å². The van der Waals surface area contributed by atoms with Gasteiger partial charge in [-0.25, -0.2) is 0 Å². The normalized spacial score (nSPS) is 16.1. The molecule has 2 heterocycles. The molecule has 2 aliphatic heterocycles. The van der Waals surface area contributed by atoms with E-state index in [4.69, 9.17) is 9.31 Å². The van der Waals surface area contributed by atoms with E-state index in [2.05, 4.69) is 31.0 Å². The number of nitrogens with one attached hydrogen (secondary N) is 2. The van der Waals surface area contributed by atoms with Gasteiger partial charge in [-0.3, -0.25) is 9.59 Å². The predicted octanol–water partition coefficient (Wildman–Crippen LogP) is 3.42. The molecule has 11 heteroatoms. The first-order valence-electron chi connectivity index (χ1n) is 12.2. The molecule has 5 rings (SSSR count). The zero-order chi connectivity index (χ0) is 27.5. The van der Waals surface area contributed by atoms with Gasteiger partial charge in [0.25, 0.3) is 11.8 Å². The fourth-order valence-corrected chi connectivity index (χ4v) is 4.56. The molecule has 0 saturated carbocycles. The van der Waals surface area contributed by atoms with Gasteiger partial charge in [0, 0.05) is 16.6 Å². The first-order valence-corrected chi connectivity index (χ1v) is 12.2. The Morgan fingerprint density at radius 2 is 1.15 bits per heavy atom. The number of aryl methyl sites for hydroxylation is 4. The van der Waals surface area contributed by atoms with Crippen molar-refractivity contribution < 1.29 is 18.9 Å². The van der Waals surface area contributed by atoms with Crippen molar-refractivity contribution in [2.24, 2.45) is 20.4 Å². The summed E-state index contributed by atoms with van der Waals surface area (Å²) in [7, 11) is -0.928. The summed E-state index contributed by atoms with van der Waals surface area (Å²) < 4.78 is 11.3. The molecule has 0 unspecified atom stereocenters. The van der Waals surface area contributed by atoms with Gasteiger partial charge >= 0.3 is 7.12 Å². The number of amides is 2. The highest BCUT2D eigenvalue weighted by atomic mass is 16.6. The van der Waals surface area contributed by atoms with Gasteiger partial charge in [-0.15, -0.1) is 20.4 Å². The highest BCUT2D eigenvalue weighted by molar-refractivity contribution is 6.63. The molecule has 2 amide bonds. The molecule has 39 heavy (non-hydrogen) atoms. The van der Waals surface area contributed by atoms with Crippen molar-refractivity contribution in [3.8, 4) is 0 Å². The Morgan fingerprint density at radius 1 is 0.692 bits per heavy atom. The smallest absolute Gasteiger partial charge is 0.512 e. The van der Waals surface area contributed by atoms with E-state index < -0.39 is 7.12 Å². The van der Waals surface area contributed by atoms with Crippen LogP contribution in [0.3, 0.4) is 0 Å². The third kappa shape index (κ3) is 5.33. The Bertz CT molecular complexity index is 1500. The second-order valence-electron chi connectivity index (χ2n) is 9.27. The summed E-state index contributed by atoms with van der Waals surface area (Å²) in [6, 6.07) is 16.9. The number of carbonyl (C=O) groups is 2. The molecule has 10 nitrogen and oxygen atoms in total. The third-order valence-corrected chi connectivity index (χ3v) is 6.23. The summed E-state index contributed by atoms with van der Waals surface area (Å²) in [5, 5.41) is 21.7. The van der Waals surface area contributed by atoms with E-state index in [0.29, 0.717) is 16.6 Å². The number of benzene rings is 3. The number of hydrogen-bond donors (Lipinski definition) is 2. The van der Waals surface area contributed by atoms with Crippen LogP contribution < -0.4 is 16.1 Å². The Kier molecular flexibility index (Phi) is 7.05. The van der Waals surface area contributed by atoms with E-state index in [9.17, 15) is 9.59 Å². The zero-order valence-electron chi connectivity index (χ0n) is 21.9. The summed E-state index contributed by atoms with van der Waals surface area (Å²) in [6.45, 7) is 7.76. The van der Waals surface area contributed by atoms with Crippen LogP contribution in [0.15, 0.2) is 75.0 Å². The van der Waals surface area contributed by atoms with E-state index in [1.165, 1.54) is 0 Å². The van der Waals surface area contributed by atoms with E-state index >= 15 is 0 Å². The van der Waals surface area contributed by atoms with Gasteiger partial charge in [0.15, 0.2) is 24.2 Å². The standard InChI is InChI=1S/C28H25BN6O4/c1-16-10-18(3)23-21(12-16)25(27(36)32-23)34-30-14-38-29(20-8-6-5-7-9-20)39-15-31-35-26-22-13-17(2)11-19(4)24(22)33-28(26)37/h5-15H,1-4H3,(H,32,34,36)(H,33,35,37)/b30-14+,31-15+. The number of fused-ring (bicyclic) bond motifs is 2. The lowest BCUT2D eigenvalue weighted by Gasteiger charge is -2.09. The average Bonchev–Trinajstić information content (AvgIpc) is 3.39. The minimum absolute atomic E-state index is 0.201. The van der Waals surface area contributed by atoms with Crippen molar-refractivity contribution in [2.75, 3.05) is 10.6 Å². The summed E-state index contributed by atoms with van der Waals surface area (Å²) in [4.78, 5) is 24.9. The zero-order valence-corrected chi connectivity index (χ0v) is 21.9. The highest BCUT2D eigenvalue weighted by Crippen LogP contribution is 2.29. The molecular weight excluding hydrogens is 495 g/mol. The van der Waals surface area contributed by atoms with Gasteiger partial charge in [0.05, 0.1) is 11.4 Å². The van der Waals surface area contributed by atoms with Crippen molar-refractivity contribution in [3.05, 3.63) is 88.0 Å². The van der Waals surface area contributed by atoms with E-state index in [0.717, 1.165) is 46.4 Å². The molecule has 0 saturated heterocycles. The van der Waals surface area contributed by atoms with Crippen LogP contribution in [0.5, 0.6) is 0 Å². The molecule has 0 aromatic heterocycles.